The summed E-state index contributed by atoms with van der Waals surface area (Å²) in [7, 11) is 0. The molecular formula is C33H39N3O2. The van der Waals surface area contributed by atoms with Crippen molar-refractivity contribution in [2.75, 3.05) is 5.73 Å². The van der Waals surface area contributed by atoms with Gasteiger partial charge in [-0.15, -0.1) is 0 Å². The Labute approximate surface area is 226 Å². The van der Waals surface area contributed by atoms with Crippen molar-refractivity contribution in [2.24, 2.45) is 0 Å². The first kappa shape index (κ1) is 27.4. The van der Waals surface area contributed by atoms with Crippen LogP contribution in [0.15, 0.2) is 103 Å². The largest absolute Gasteiger partial charge is 0.399 e. The van der Waals surface area contributed by atoms with Gasteiger partial charge in [0.15, 0.2) is 0 Å². The summed E-state index contributed by atoms with van der Waals surface area (Å²) in [5.41, 5.74) is 18.3. The van der Waals surface area contributed by atoms with Crippen LogP contribution in [0, 0.1) is 0 Å². The van der Waals surface area contributed by atoms with Crippen LogP contribution in [-0.2, 0) is 5.54 Å². The Bertz CT molecular complexity index is 1300. The van der Waals surface area contributed by atoms with Crippen molar-refractivity contribution in [3.8, 4) is 0 Å². The van der Waals surface area contributed by atoms with Gasteiger partial charge in [-0.05, 0) is 86.6 Å². The van der Waals surface area contributed by atoms with E-state index in [1.165, 1.54) is 16.7 Å². The molecule has 0 saturated carbocycles. The predicted octanol–water partition coefficient (Wildman–Crippen LogP) is 5.92. The lowest BCUT2D eigenvalue weighted by atomic mass is 9.83. The quantitative estimate of drug-likeness (QED) is 0.275. The van der Waals surface area contributed by atoms with E-state index in [2.05, 4.69) is 95.8 Å². The molecule has 0 amide bonds. The highest BCUT2D eigenvalue weighted by molar-refractivity contribution is 5.77. The van der Waals surface area contributed by atoms with Gasteiger partial charge < -0.3 is 21.4 Å². The Kier molecular flexibility index (Phi) is 7.93. The van der Waals surface area contributed by atoms with Gasteiger partial charge in [0, 0.05) is 5.69 Å². The summed E-state index contributed by atoms with van der Waals surface area (Å²) in [6, 6.07) is 27.3. The second kappa shape index (κ2) is 11.0. The van der Waals surface area contributed by atoms with E-state index >= 15 is 0 Å². The average Bonchev–Trinajstić information content (AvgIpc) is 3.36. The molecule has 0 aromatic heterocycles. The number of nitrogens with two attached hydrogens (primary N) is 1. The molecule has 1 heterocycles. The second-order valence-corrected chi connectivity index (χ2v) is 10.9. The SMILES string of the molecule is CC(C)(O)C(C)(C)O.Nc1ccc(C2(c3ccccc3)C=C(c3ccc(C4=CCCC=C4)cc3)NN2)cc1. The Hall–Kier alpha value is -3.64. The van der Waals surface area contributed by atoms with E-state index in [0.717, 1.165) is 35.4 Å². The number of nitrogens with one attached hydrogen (secondary N) is 2. The first-order valence-corrected chi connectivity index (χ1v) is 13.1. The number of hydrazine groups is 1. The molecule has 5 heteroatoms. The van der Waals surface area contributed by atoms with E-state index in [0.29, 0.717) is 0 Å². The van der Waals surface area contributed by atoms with Crippen molar-refractivity contribution >= 4 is 17.0 Å². The predicted molar refractivity (Wildman–Crippen MR) is 158 cm³/mol. The van der Waals surface area contributed by atoms with E-state index in [4.69, 9.17) is 15.9 Å². The van der Waals surface area contributed by atoms with Crippen molar-refractivity contribution in [1.29, 1.82) is 0 Å². The number of aliphatic hydroxyl groups is 2. The maximum absolute atomic E-state index is 9.10. The average molecular weight is 510 g/mol. The Balaban J connectivity index is 0.000000368. The molecule has 198 valence electrons. The first-order valence-electron chi connectivity index (χ1n) is 13.1. The Morgan fingerprint density at radius 2 is 1.32 bits per heavy atom. The molecule has 1 aliphatic heterocycles. The van der Waals surface area contributed by atoms with Crippen molar-refractivity contribution in [3.05, 3.63) is 125 Å². The summed E-state index contributed by atoms with van der Waals surface area (Å²) < 4.78 is 0. The third kappa shape index (κ3) is 6.08. The van der Waals surface area contributed by atoms with Crippen LogP contribution in [0.2, 0.25) is 0 Å². The number of hydrogen-bond donors (Lipinski definition) is 5. The second-order valence-electron chi connectivity index (χ2n) is 10.9. The maximum Gasteiger partial charge on any atom is 0.107 e. The van der Waals surface area contributed by atoms with Gasteiger partial charge in [0.25, 0.3) is 0 Å². The molecule has 5 rings (SSSR count). The van der Waals surface area contributed by atoms with Gasteiger partial charge in [-0.25, -0.2) is 5.43 Å². The monoisotopic (exact) mass is 509 g/mol. The van der Waals surface area contributed by atoms with Crippen LogP contribution in [0.4, 0.5) is 5.69 Å². The summed E-state index contributed by atoms with van der Waals surface area (Å²) in [5.74, 6) is 0. The van der Waals surface area contributed by atoms with Gasteiger partial charge in [-0.2, -0.15) is 0 Å². The highest BCUT2D eigenvalue weighted by Crippen LogP contribution is 2.37. The van der Waals surface area contributed by atoms with E-state index in [1.54, 1.807) is 27.7 Å². The maximum atomic E-state index is 9.10. The molecule has 0 spiro atoms. The van der Waals surface area contributed by atoms with Gasteiger partial charge in [0.2, 0.25) is 0 Å². The standard InChI is InChI=1S/C27H25N3.C6H14O2/c28-25-17-15-24(16-18-25)27(23-9-5-2-6-10-23)19-26(29-30-27)22-13-11-21(12-14-22)20-7-3-1-4-8-20;1-5(2,7)6(3,4)8/h2-3,5-19,29-30H,1,4,28H2;7-8H,1-4H3. The number of nitrogen functional groups attached to an aromatic ring is 1. The molecule has 3 aromatic rings. The summed E-state index contributed by atoms with van der Waals surface area (Å²) >= 11 is 0. The normalized spacial score (nSPS) is 19.1. The lowest BCUT2D eigenvalue weighted by molar-refractivity contribution is -0.107. The minimum absolute atomic E-state index is 0.461. The molecule has 5 nitrogen and oxygen atoms in total. The summed E-state index contributed by atoms with van der Waals surface area (Å²) in [5, 5.41) is 18.2. The number of rotatable bonds is 5. The minimum Gasteiger partial charge on any atom is -0.399 e. The lowest BCUT2D eigenvalue weighted by Gasteiger charge is -2.31. The highest BCUT2D eigenvalue weighted by atomic mass is 16.3. The van der Waals surface area contributed by atoms with Crippen molar-refractivity contribution in [1.82, 2.24) is 10.9 Å². The number of anilines is 1. The molecule has 0 fully saturated rings. The van der Waals surface area contributed by atoms with Crippen LogP contribution >= 0.6 is 0 Å². The zero-order valence-corrected chi connectivity index (χ0v) is 22.7. The Morgan fingerprint density at radius 1 is 0.737 bits per heavy atom. The first-order chi connectivity index (χ1) is 18.0. The summed E-state index contributed by atoms with van der Waals surface area (Å²) in [6.45, 7) is 6.31. The molecule has 0 bridgehead atoms. The topological polar surface area (TPSA) is 90.5 Å². The molecule has 2 aliphatic rings. The van der Waals surface area contributed by atoms with Gasteiger partial charge in [0.05, 0.1) is 16.9 Å². The molecular weight excluding hydrogens is 470 g/mol. The molecule has 1 aliphatic carbocycles. The van der Waals surface area contributed by atoms with Crippen LogP contribution in [-0.4, -0.2) is 21.4 Å². The molecule has 1 unspecified atom stereocenters. The minimum atomic E-state index is -1.01. The molecule has 0 radical (unpaired) electrons. The van der Waals surface area contributed by atoms with E-state index in [1.807, 2.05) is 18.2 Å². The van der Waals surface area contributed by atoms with Crippen molar-refractivity contribution in [3.63, 3.8) is 0 Å². The van der Waals surface area contributed by atoms with E-state index < -0.39 is 16.7 Å². The van der Waals surface area contributed by atoms with Crippen LogP contribution < -0.4 is 16.6 Å². The summed E-state index contributed by atoms with van der Waals surface area (Å²) in [6.07, 6.45) is 11.3. The number of benzene rings is 3. The molecule has 0 saturated heterocycles. The van der Waals surface area contributed by atoms with Gasteiger partial charge in [0.1, 0.15) is 5.54 Å². The fourth-order valence-corrected chi connectivity index (χ4v) is 4.20. The molecule has 3 aromatic carbocycles. The number of hydrogen-bond acceptors (Lipinski definition) is 5. The van der Waals surface area contributed by atoms with Gasteiger partial charge >= 0.3 is 0 Å². The zero-order chi connectivity index (χ0) is 27.4. The lowest BCUT2D eigenvalue weighted by Crippen LogP contribution is -2.44. The third-order valence-corrected chi connectivity index (χ3v) is 7.37. The molecule has 1 atom stereocenters. The molecule has 38 heavy (non-hydrogen) atoms. The van der Waals surface area contributed by atoms with Crippen LogP contribution in [0.25, 0.3) is 11.3 Å². The smallest absolute Gasteiger partial charge is 0.107 e. The highest BCUT2D eigenvalue weighted by Gasteiger charge is 2.37. The van der Waals surface area contributed by atoms with E-state index in [9.17, 15) is 0 Å². The van der Waals surface area contributed by atoms with Crippen LogP contribution in [0.1, 0.15) is 62.8 Å². The van der Waals surface area contributed by atoms with Gasteiger partial charge in [-0.1, -0.05) is 85.0 Å². The summed E-state index contributed by atoms with van der Waals surface area (Å²) in [4.78, 5) is 0. The van der Waals surface area contributed by atoms with E-state index in [-0.39, 0.29) is 0 Å². The fraction of sp³-hybridized carbons (Fsp3) is 0.273. The van der Waals surface area contributed by atoms with Crippen LogP contribution in [0.5, 0.6) is 0 Å². The Morgan fingerprint density at radius 3 is 1.87 bits per heavy atom. The zero-order valence-electron chi connectivity index (χ0n) is 22.7. The van der Waals surface area contributed by atoms with Crippen molar-refractivity contribution < 1.29 is 10.2 Å². The van der Waals surface area contributed by atoms with Gasteiger partial charge in [-0.3, -0.25) is 0 Å². The third-order valence-electron chi connectivity index (χ3n) is 7.37. The van der Waals surface area contributed by atoms with Crippen LogP contribution in [0.3, 0.4) is 0 Å². The van der Waals surface area contributed by atoms with Crippen molar-refractivity contribution in [2.45, 2.75) is 57.3 Å². The fourth-order valence-electron chi connectivity index (χ4n) is 4.20. The molecule has 6 N–H and O–H groups in total. The number of allylic oxidation sites excluding steroid dienone is 4.